The molecule has 0 spiro atoms. The predicted octanol–water partition coefficient (Wildman–Crippen LogP) is 3.86. The van der Waals surface area contributed by atoms with Crippen LogP contribution >= 0.6 is 0 Å². The highest BCUT2D eigenvalue weighted by Gasteiger charge is 2.31. The molecule has 158 valence electrons. The summed E-state index contributed by atoms with van der Waals surface area (Å²) in [7, 11) is 3.10. The van der Waals surface area contributed by atoms with E-state index in [0.717, 1.165) is 5.56 Å². The summed E-state index contributed by atoms with van der Waals surface area (Å²) in [5, 5.41) is 6.08. The van der Waals surface area contributed by atoms with E-state index in [1.807, 2.05) is 19.1 Å². The Balaban J connectivity index is 2.14. The lowest BCUT2D eigenvalue weighted by Crippen LogP contribution is -2.37. The van der Waals surface area contributed by atoms with Gasteiger partial charge >= 0.3 is 6.36 Å². The highest BCUT2D eigenvalue weighted by atomic mass is 19.4. The van der Waals surface area contributed by atoms with Crippen LogP contribution in [0.1, 0.15) is 18.1 Å². The lowest BCUT2D eigenvalue weighted by Gasteiger charge is -2.16. The van der Waals surface area contributed by atoms with Gasteiger partial charge in [-0.15, -0.1) is 13.2 Å². The van der Waals surface area contributed by atoms with Crippen LogP contribution in [-0.4, -0.2) is 33.1 Å². The van der Waals surface area contributed by atoms with Gasteiger partial charge in [0.2, 0.25) is 0 Å². The highest BCUT2D eigenvalue weighted by molar-refractivity contribution is 5.79. The summed E-state index contributed by atoms with van der Waals surface area (Å²) in [6.07, 6.45) is -4.75. The molecular formula is C20H24F3N3O3. The third kappa shape index (κ3) is 6.78. The summed E-state index contributed by atoms with van der Waals surface area (Å²) in [5.74, 6) is 1.37. The molecule has 0 saturated carbocycles. The van der Waals surface area contributed by atoms with Gasteiger partial charge in [-0.1, -0.05) is 30.3 Å². The number of rotatable bonds is 8. The predicted molar refractivity (Wildman–Crippen MR) is 104 cm³/mol. The largest absolute Gasteiger partial charge is 0.573 e. The molecule has 2 N–H and O–H groups in total. The zero-order valence-corrected chi connectivity index (χ0v) is 16.5. The monoisotopic (exact) mass is 411 g/mol. The summed E-state index contributed by atoms with van der Waals surface area (Å²) < 4.78 is 52.5. The number of hydrogen-bond donors (Lipinski definition) is 2. The number of halogens is 3. The molecule has 0 bridgehead atoms. The van der Waals surface area contributed by atoms with Gasteiger partial charge in [0.05, 0.1) is 20.8 Å². The molecule has 0 aliphatic rings. The standard InChI is InChI=1S/C20H24F3N3O3/c1-4-24-19(26-13-15-9-7-11-17(27-2)18(15)28-3)25-12-14-8-5-6-10-16(14)29-20(21,22)23/h5-11H,4,12-13H2,1-3H3,(H2,24,25,26). The molecular weight excluding hydrogens is 387 g/mol. The lowest BCUT2D eigenvalue weighted by atomic mass is 10.2. The molecule has 0 aromatic heterocycles. The Kier molecular flexibility index (Phi) is 7.99. The van der Waals surface area contributed by atoms with Gasteiger partial charge < -0.3 is 24.8 Å². The zero-order chi connectivity index (χ0) is 21.3. The van der Waals surface area contributed by atoms with Gasteiger partial charge in [-0.25, -0.2) is 4.99 Å². The Hall–Kier alpha value is -3.10. The molecule has 2 aromatic carbocycles. The molecule has 0 unspecified atom stereocenters. The number of methoxy groups -OCH3 is 2. The van der Waals surface area contributed by atoms with Gasteiger partial charge in [0.15, 0.2) is 17.5 Å². The molecule has 2 aromatic rings. The Morgan fingerprint density at radius 3 is 2.28 bits per heavy atom. The van der Waals surface area contributed by atoms with Crippen molar-refractivity contribution >= 4 is 5.96 Å². The second-order valence-corrected chi connectivity index (χ2v) is 5.86. The number of nitrogens with one attached hydrogen (secondary N) is 2. The fraction of sp³-hybridized carbons (Fsp3) is 0.350. The molecule has 0 aliphatic heterocycles. The molecule has 0 saturated heterocycles. The first-order valence-electron chi connectivity index (χ1n) is 8.93. The van der Waals surface area contributed by atoms with Crippen LogP contribution in [0.5, 0.6) is 17.2 Å². The van der Waals surface area contributed by atoms with Crippen molar-refractivity contribution in [2.75, 3.05) is 20.8 Å². The third-order valence-electron chi connectivity index (χ3n) is 3.88. The van der Waals surface area contributed by atoms with Crippen molar-refractivity contribution < 1.29 is 27.4 Å². The van der Waals surface area contributed by atoms with E-state index < -0.39 is 6.36 Å². The summed E-state index contributed by atoms with van der Waals surface area (Å²) in [4.78, 5) is 4.48. The Morgan fingerprint density at radius 2 is 1.62 bits per heavy atom. The van der Waals surface area contributed by atoms with Crippen LogP contribution in [0.25, 0.3) is 0 Å². The lowest BCUT2D eigenvalue weighted by molar-refractivity contribution is -0.274. The van der Waals surface area contributed by atoms with Crippen LogP contribution in [0.4, 0.5) is 13.2 Å². The minimum Gasteiger partial charge on any atom is -0.493 e. The van der Waals surface area contributed by atoms with Gasteiger partial charge in [0, 0.05) is 24.2 Å². The Labute approximate surface area is 167 Å². The molecule has 0 amide bonds. The first-order chi connectivity index (χ1) is 13.9. The molecule has 0 radical (unpaired) electrons. The maximum Gasteiger partial charge on any atom is 0.573 e. The minimum absolute atomic E-state index is 0.104. The van der Waals surface area contributed by atoms with Crippen LogP contribution in [-0.2, 0) is 13.1 Å². The van der Waals surface area contributed by atoms with Gasteiger partial charge in [0.1, 0.15) is 5.75 Å². The van der Waals surface area contributed by atoms with E-state index >= 15 is 0 Å². The van der Waals surface area contributed by atoms with Crippen LogP contribution in [0.3, 0.4) is 0 Å². The summed E-state index contributed by atoms with van der Waals surface area (Å²) in [6, 6.07) is 11.4. The number of alkyl halides is 3. The van der Waals surface area contributed by atoms with E-state index in [0.29, 0.717) is 29.6 Å². The van der Waals surface area contributed by atoms with Crippen molar-refractivity contribution in [3.63, 3.8) is 0 Å². The molecule has 0 atom stereocenters. The third-order valence-corrected chi connectivity index (χ3v) is 3.88. The second-order valence-electron chi connectivity index (χ2n) is 5.86. The molecule has 0 fully saturated rings. The van der Waals surface area contributed by atoms with Crippen molar-refractivity contribution in [1.29, 1.82) is 0 Å². The van der Waals surface area contributed by atoms with E-state index in [9.17, 15) is 13.2 Å². The van der Waals surface area contributed by atoms with E-state index in [1.165, 1.54) is 12.1 Å². The Morgan fingerprint density at radius 1 is 0.931 bits per heavy atom. The first-order valence-corrected chi connectivity index (χ1v) is 8.93. The van der Waals surface area contributed by atoms with E-state index in [4.69, 9.17) is 9.47 Å². The summed E-state index contributed by atoms with van der Waals surface area (Å²) in [6.45, 7) is 2.87. The van der Waals surface area contributed by atoms with Crippen molar-refractivity contribution in [3.8, 4) is 17.2 Å². The first kappa shape index (κ1) is 22.2. The average molecular weight is 411 g/mol. The Bertz CT molecular complexity index is 826. The zero-order valence-electron chi connectivity index (χ0n) is 16.5. The fourth-order valence-corrected chi connectivity index (χ4v) is 2.64. The number of nitrogens with zero attached hydrogens (tertiary/aromatic N) is 1. The summed E-state index contributed by atoms with van der Waals surface area (Å²) >= 11 is 0. The van der Waals surface area contributed by atoms with E-state index in [1.54, 1.807) is 32.4 Å². The van der Waals surface area contributed by atoms with Crippen LogP contribution < -0.4 is 24.8 Å². The molecule has 2 rings (SSSR count). The summed E-state index contributed by atoms with van der Waals surface area (Å²) in [5.41, 5.74) is 1.17. The highest BCUT2D eigenvalue weighted by Crippen LogP contribution is 2.31. The average Bonchev–Trinajstić information content (AvgIpc) is 2.69. The van der Waals surface area contributed by atoms with E-state index in [-0.39, 0.29) is 18.8 Å². The topological polar surface area (TPSA) is 64.1 Å². The molecule has 0 aliphatic carbocycles. The quantitative estimate of drug-likeness (QED) is 0.510. The van der Waals surface area contributed by atoms with Crippen LogP contribution in [0.2, 0.25) is 0 Å². The van der Waals surface area contributed by atoms with Crippen LogP contribution in [0.15, 0.2) is 47.5 Å². The molecule has 0 heterocycles. The number of benzene rings is 2. The van der Waals surface area contributed by atoms with Crippen molar-refractivity contribution in [2.24, 2.45) is 4.99 Å². The van der Waals surface area contributed by atoms with Gasteiger partial charge in [0.25, 0.3) is 0 Å². The van der Waals surface area contributed by atoms with Gasteiger partial charge in [-0.05, 0) is 19.1 Å². The second kappa shape index (κ2) is 10.4. The van der Waals surface area contributed by atoms with Crippen molar-refractivity contribution in [3.05, 3.63) is 53.6 Å². The molecule has 6 nitrogen and oxygen atoms in total. The van der Waals surface area contributed by atoms with E-state index in [2.05, 4.69) is 20.4 Å². The fourth-order valence-electron chi connectivity index (χ4n) is 2.64. The van der Waals surface area contributed by atoms with Gasteiger partial charge in [-0.2, -0.15) is 0 Å². The van der Waals surface area contributed by atoms with Crippen molar-refractivity contribution in [2.45, 2.75) is 26.4 Å². The normalized spacial score (nSPS) is 11.7. The maximum absolute atomic E-state index is 12.6. The van der Waals surface area contributed by atoms with Gasteiger partial charge in [-0.3, -0.25) is 0 Å². The number of ether oxygens (including phenoxy) is 3. The molecule has 29 heavy (non-hydrogen) atoms. The number of guanidine groups is 1. The number of hydrogen-bond acceptors (Lipinski definition) is 4. The maximum atomic E-state index is 12.6. The number of para-hydroxylation sites is 2. The SMILES string of the molecule is CCNC(=NCc1cccc(OC)c1OC)NCc1ccccc1OC(F)(F)F. The molecule has 9 heteroatoms. The van der Waals surface area contributed by atoms with Crippen molar-refractivity contribution in [1.82, 2.24) is 10.6 Å². The van der Waals surface area contributed by atoms with Crippen LogP contribution in [0, 0.1) is 0 Å². The minimum atomic E-state index is -4.75. The number of aliphatic imine (C=N–C) groups is 1. The smallest absolute Gasteiger partial charge is 0.493 e.